The van der Waals surface area contributed by atoms with Crippen molar-refractivity contribution in [2.45, 2.75) is 32.0 Å². The zero-order valence-electron chi connectivity index (χ0n) is 11.6. The van der Waals surface area contributed by atoms with E-state index in [0.717, 1.165) is 43.8 Å². The Hall–Kier alpha value is -1.10. The Morgan fingerprint density at radius 3 is 2.84 bits per heavy atom. The number of anilines is 1. The largest absolute Gasteiger partial charge is 0.399 e. The number of β-amino-alcohol motifs (C(OH)–C–C–N with tert-alkyl or cyclic N) is 1. The molecule has 0 bridgehead atoms. The summed E-state index contributed by atoms with van der Waals surface area (Å²) in [7, 11) is 0. The van der Waals surface area contributed by atoms with Crippen molar-refractivity contribution in [2.75, 3.05) is 32.0 Å². The predicted octanol–water partition coefficient (Wildman–Crippen LogP) is 1.80. The topological polar surface area (TPSA) is 58.7 Å². The van der Waals surface area contributed by atoms with Crippen molar-refractivity contribution in [2.24, 2.45) is 0 Å². The van der Waals surface area contributed by atoms with Gasteiger partial charge in [0.05, 0.1) is 12.2 Å². The second-order valence-electron chi connectivity index (χ2n) is 5.16. The number of piperidine rings is 1. The van der Waals surface area contributed by atoms with Crippen LogP contribution in [-0.2, 0) is 4.74 Å². The quantitative estimate of drug-likeness (QED) is 0.796. The van der Waals surface area contributed by atoms with Gasteiger partial charge >= 0.3 is 0 Å². The highest BCUT2D eigenvalue weighted by Crippen LogP contribution is 2.19. The zero-order valence-corrected chi connectivity index (χ0v) is 11.6. The Labute approximate surface area is 115 Å². The van der Waals surface area contributed by atoms with Gasteiger partial charge in [0.1, 0.15) is 0 Å². The molecule has 1 fully saturated rings. The number of likely N-dealkylation sites (tertiary alicyclic amines) is 1. The average Bonchev–Trinajstić information content (AvgIpc) is 2.40. The van der Waals surface area contributed by atoms with Gasteiger partial charge in [0, 0.05) is 25.4 Å². The number of nitrogens with zero attached hydrogens (tertiary/aromatic N) is 1. The Kier molecular flexibility index (Phi) is 5.19. The molecule has 1 aromatic carbocycles. The first-order chi connectivity index (χ1) is 9.19. The summed E-state index contributed by atoms with van der Waals surface area (Å²) in [6, 6.07) is 7.45. The molecule has 1 heterocycles. The molecule has 1 aromatic rings. The van der Waals surface area contributed by atoms with E-state index in [9.17, 15) is 5.11 Å². The van der Waals surface area contributed by atoms with Crippen LogP contribution in [0.2, 0.25) is 0 Å². The molecule has 0 saturated carbocycles. The maximum Gasteiger partial charge on any atom is 0.0916 e. The number of rotatable bonds is 5. The van der Waals surface area contributed by atoms with Crippen molar-refractivity contribution in [3.63, 3.8) is 0 Å². The third kappa shape index (κ3) is 4.20. The molecule has 0 radical (unpaired) electrons. The fourth-order valence-corrected chi connectivity index (χ4v) is 2.62. The molecule has 0 amide bonds. The van der Waals surface area contributed by atoms with Crippen LogP contribution in [0.15, 0.2) is 24.3 Å². The van der Waals surface area contributed by atoms with E-state index in [1.54, 1.807) is 0 Å². The maximum atomic E-state index is 10.3. The lowest BCUT2D eigenvalue weighted by Crippen LogP contribution is -2.41. The van der Waals surface area contributed by atoms with Crippen molar-refractivity contribution in [1.82, 2.24) is 4.90 Å². The van der Waals surface area contributed by atoms with Gasteiger partial charge in [-0.25, -0.2) is 0 Å². The van der Waals surface area contributed by atoms with Crippen molar-refractivity contribution < 1.29 is 9.84 Å². The third-order valence-corrected chi connectivity index (χ3v) is 3.62. The molecule has 0 aromatic heterocycles. The van der Waals surface area contributed by atoms with Gasteiger partial charge in [-0.2, -0.15) is 0 Å². The average molecular weight is 264 g/mol. The number of aliphatic hydroxyl groups is 1. The monoisotopic (exact) mass is 264 g/mol. The Bertz CT molecular complexity index is 378. The van der Waals surface area contributed by atoms with Gasteiger partial charge < -0.3 is 15.6 Å². The first-order valence-electron chi connectivity index (χ1n) is 7.06. The molecule has 0 spiro atoms. The first kappa shape index (κ1) is 14.3. The van der Waals surface area contributed by atoms with Gasteiger partial charge in [-0.3, -0.25) is 4.90 Å². The molecule has 2 unspecified atom stereocenters. The molecule has 1 aliphatic heterocycles. The molecule has 4 heteroatoms. The van der Waals surface area contributed by atoms with E-state index in [0.29, 0.717) is 12.6 Å². The Balaban J connectivity index is 1.87. The second-order valence-corrected chi connectivity index (χ2v) is 5.16. The fraction of sp³-hybridized carbons (Fsp3) is 0.600. The number of nitrogens with two attached hydrogens (primary N) is 1. The van der Waals surface area contributed by atoms with E-state index in [1.807, 2.05) is 31.2 Å². The van der Waals surface area contributed by atoms with Gasteiger partial charge in [0.15, 0.2) is 0 Å². The van der Waals surface area contributed by atoms with E-state index in [4.69, 9.17) is 10.5 Å². The molecular weight excluding hydrogens is 240 g/mol. The summed E-state index contributed by atoms with van der Waals surface area (Å²) in [6.45, 7) is 5.41. The van der Waals surface area contributed by atoms with Crippen molar-refractivity contribution in [1.29, 1.82) is 0 Å². The van der Waals surface area contributed by atoms with Crippen LogP contribution in [0.25, 0.3) is 0 Å². The summed E-state index contributed by atoms with van der Waals surface area (Å²) in [5.41, 5.74) is 7.31. The van der Waals surface area contributed by atoms with Crippen molar-refractivity contribution >= 4 is 5.69 Å². The van der Waals surface area contributed by atoms with Crippen LogP contribution in [0.1, 0.15) is 31.4 Å². The van der Waals surface area contributed by atoms with Crippen LogP contribution in [0, 0.1) is 0 Å². The van der Waals surface area contributed by atoms with Crippen molar-refractivity contribution in [3.05, 3.63) is 29.8 Å². The summed E-state index contributed by atoms with van der Waals surface area (Å²) in [4.78, 5) is 2.28. The van der Waals surface area contributed by atoms with E-state index >= 15 is 0 Å². The minimum atomic E-state index is -0.457. The molecule has 1 saturated heterocycles. The van der Waals surface area contributed by atoms with E-state index in [1.165, 1.54) is 0 Å². The summed E-state index contributed by atoms with van der Waals surface area (Å²) in [6.07, 6.45) is 2.12. The molecule has 106 valence electrons. The van der Waals surface area contributed by atoms with Crippen molar-refractivity contribution in [3.8, 4) is 0 Å². The smallest absolute Gasteiger partial charge is 0.0916 e. The van der Waals surface area contributed by atoms with Gasteiger partial charge in [0.2, 0.25) is 0 Å². The summed E-state index contributed by atoms with van der Waals surface area (Å²) >= 11 is 0. The molecule has 1 aliphatic rings. The lowest BCUT2D eigenvalue weighted by Gasteiger charge is -2.33. The molecule has 0 aliphatic carbocycles. The Morgan fingerprint density at radius 1 is 1.42 bits per heavy atom. The minimum absolute atomic E-state index is 0.317. The number of ether oxygens (including phenoxy) is 1. The lowest BCUT2D eigenvalue weighted by molar-refractivity contribution is -0.00705. The van der Waals surface area contributed by atoms with E-state index in [2.05, 4.69) is 4.90 Å². The number of hydrogen-bond donors (Lipinski definition) is 2. The highest BCUT2D eigenvalue weighted by molar-refractivity contribution is 5.39. The molecule has 2 atom stereocenters. The summed E-state index contributed by atoms with van der Waals surface area (Å²) in [5, 5.41) is 10.3. The SMILES string of the molecule is CCOC1CCCN(CC(O)c2ccc(N)cc2)C1. The molecule has 2 rings (SSSR count). The first-order valence-corrected chi connectivity index (χ1v) is 7.06. The molecule has 3 N–H and O–H groups in total. The van der Waals surface area contributed by atoms with Gasteiger partial charge in [-0.05, 0) is 44.0 Å². The number of benzene rings is 1. The highest BCUT2D eigenvalue weighted by Gasteiger charge is 2.22. The van der Waals surface area contributed by atoms with E-state index < -0.39 is 6.10 Å². The standard InChI is InChI=1S/C15H24N2O2/c1-2-19-14-4-3-9-17(10-14)11-15(18)12-5-7-13(16)8-6-12/h5-8,14-15,18H,2-4,9-11,16H2,1H3. The predicted molar refractivity (Wildman–Crippen MR) is 76.9 cm³/mol. The summed E-state index contributed by atoms with van der Waals surface area (Å²) in [5.74, 6) is 0. The second kappa shape index (κ2) is 6.89. The maximum absolute atomic E-state index is 10.3. The highest BCUT2D eigenvalue weighted by atomic mass is 16.5. The minimum Gasteiger partial charge on any atom is -0.399 e. The van der Waals surface area contributed by atoms with Gasteiger partial charge in [-0.1, -0.05) is 12.1 Å². The normalized spacial score (nSPS) is 22.3. The van der Waals surface area contributed by atoms with Crippen LogP contribution >= 0.6 is 0 Å². The third-order valence-electron chi connectivity index (χ3n) is 3.62. The number of aliphatic hydroxyl groups excluding tert-OH is 1. The number of nitrogen functional groups attached to an aromatic ring is 1. The molecule has 4 nitrogen and oxygen atoms in total. The van der Waals surface area contributed by atoms with Crippen LogP contribution in [-0.4, -0.2) is 42.4 Å². The fourth-order valence-electron chi connectivity index (χ4n) is 2.62. The van der Waals surface area contributed by atoms with Crippen LogP contribution in [0.3, 0.4) is 0 Å². The zero-order chi connectivity index (χ0) is 13.7. The molecule has 19 heavy (non-hydrogen) atoms. The van der Waals surface area contributed by atoms with Gasteiger partial charge in [0.25, 0.3) is 0 Å². The summed E-state index contributed by atoms with van der Waals surface area (Å²) < 4.78 is 5.68. The van der Waals surface area contributed by atoms with Crippen LogP contribution < -0.4 is 5.73 Å². The van der Waals surface area contributed by atoms with Gasteiger partial charge in [-0.15, -0.1) is 0 Å². The van der Waals surface area contributed by atoms with E-state index in [-0.39, 0.29) is 0 Å². The van der Waals surface area contributed by atoms with Crippen LogP contribution in [0.5, 0.6) is 0 Å². The lowest BCUT2D eigenvalue weighted by atomic mass is 10.0. The Morgan fingerprint density at radius 2 is 2.16 bits per heavy atom. The molecular formula is C15H24N2O2. The van der Waals surface area contributed by atoms with Crippen LogP contribution in [0.4, 0.5) is 5.69 Å². The number of hydrogen-bond acceptors (Lipinski definition) is 4.